The number of ether oxygens (including phenoxy) is 4. The van der Waals surface area contributed by atoms with Gasteiger partial charge in [-0.2, -0.15) is 0 Å². The highest BCUT2D eigenvalue weighted by molar-refractivity contribution is 8.13. The zero-order valence-corrected chi connectivity index (χ0v) is 27.5. The van der Waals surface area contributed by atoms with E-state index in [4.69, 9.17) is 18.9 Å². The molecule has 0 amide bonds. The van der Waals surface area contributed by atoms with E-state index in [0.29, 0.717) is 19.3 Å². The van der Waals surface area contributed by atoms with Crippen LogP contribution < -0.4 is 0 Å². The average Bonchev–Trinajstić information content (AvgIpc) is 3.24. The molecule has 0 radical (unpaired) electrons. The molecule has 2 heterocycles. The Morgan fingerprint density at radius 3 is 2.49 bits per heavy atom. The lowest BCUT2D eigenvalue weighted by atomic mass is 9.46. The second-order valence-corrected chi connectivity index (χ2v) is 16.0. The van der Waals surface area contributed by atoms with Crippen molar-refractivity contribution in [1.29, 1.82) is 0 Å². The molecular formula is C34H46O8S. The normalized spacial score (nSPS) is 46.8. The predicted molar refractivity (Wildman–Crippen MR) is 161 cm³/mol. The number of hydrogen-bond donors (Lipinski definition) is 0. The summed E-state index contributed by atoms with van der Waals surface area (Å²) in [6.45, 7) is 14.0. The SMILES string of the molecule is CSC(=O)CC12OC(C(C)C3C(=O)CC4C5C(OC(C)=O)CC6=CC(=O)C=CC6(C)C5CCC43C)CC(C)(O1)C(C)(C)O2. The Morgan fingerprint density at radius 2 is 1.81 bits per heavy atom. The molecule has 6 aliphatic rings. The van der Waals surface area contributed by atoms with Crippen molar-refractivity contribution >= 4 is 34.4 Å². The first kappa shape index (κ1) is 31.2. The highest BCUT2D eigenvalue weighted by atomic mass is 32.2. The quantitative estimate of drug-likeness (QED) is 0.367. The molecule has 9 heteroatoms. The second-order valence-electron chi connectivity index (χ2n) is 15.1. The molecule has 0 N–H and O–H groups in total. The standard InChI is InChI=1S/C34H46O8S/c1-18(26-16-33(7)30(3,4)41-34(40-26,42-33)17-27(38)43-8)29-24(37)15-23-28-22(10-12-32(23,29)6)31(5)11-9-21(36)13-20(31)14-25(28)39-19(2)35/h9,11,13,18,22-23,25-26,28-29H,10,12,14-17H2,1-8H3. The van der Waals surface area contributed by atoms with E-state index in [1.807, 2.05) is 20.8 Å². The van der Waals surface area contributed by atoms with Gasteiger partial charge in [-0.3, -0.25) is 19.2 Å². The van der Waals surface area contributed by atoms with Crippen LogP contribution in [-0.4, -0.2) is 58.3 Å². The van der Waals surface area contributed by atoms with Crippen molar-refractivity contribution in [3.63, 3.8) is 0 Å². The number of rotatable bonds is 5. The second kappa shape index (κ2) is 10.1. The third-order valence-electron chi connectivity index (χ3n) is 12.5. The van der Waals surface area contributed by atoms with E-state index in [1.165, 1.54) is 6.92 Å². The summed E-state index contributed by atoms with van der Waals surface area (Å²) >= 11 is 1.13. The molecule has 43 heavy (non-hydrogen) atoms. The lowest BCUT2D eigenvalue weighted by Gasteiger charge is -2.59. The van der Waals surface area contributed by atoms with Gasteiger partial charge in [-0.25, -0.2) is 0 Å². The summed E-state index contributed by atoms with van der Waals surface area (Å²) in [4.78, 5) is 51.4. The van der Waals surface area contributed by atoms with Gasteiger partial charge >= 0.3 is 5.97 Å². The maximum atomic E-state index is 14.2. The summed E-state index contributed by atoms with van der Waals surface area (Å²) in [7, 11) is 0. The fourth-order valence-corrected chi connectivity index (χ4v) is 10.4. The number of carbonyl (C=O) groups excluding carboxylic acids is 4. The minimum atomic E-state index is -1.47. The smallest absolute Gasteiger partial charge is 0.302 e. The van der Waals surface area contributed by atoms with Crippen LogP contribution in [-0.2, 0) is 38.1 Å². The van der Waals surface area contributed by atoms with Crippen LogP contribution in [0.15, 0.2) is 23.8 Å². The Bertz CT molecular complexity index is 1310. The number of Topliss-reactive ketones (excluding diaryl/α,β-unsaturated/α-hetero) is 1. The highest BCUT2D eigenvalue weighted by Gasteiger charge is 2.69. The van der Waals surface area contributed by atoms with Crippen LogP contribution in [0.3, 0.4) is 0 Å². The van der Waals surface area contributed by atoms with Gasteiger partial charge in [0.05, 0.1) is 18.1 Å². The molecule has 5 fully saturated rings. The molecule has 11 unspecified atom stereocenters. The van der Waals surface area contributed by atoms with Crippen molar-refractivity contribution in [1.82, 2.24) is 0 Å². The number of allylic oxidation sites excluding steroid dienone is 3. The largest absolute Gasteiger partial charge is 0.462 e. The maximum Gasteiger partial charge on any atom is 0.302 e. The summed E-state index contributed by atoms with van der Waals surface area (Å²) in [6, 6.07) is 0. The zero-order valence-electron chi connectivity index (χ0n) is 26.7. The molecule has 2 saturated heterocycles. The Morgan fingerprint density at radius 1 is 1.09 bits per heavy atom. The van der Waals surface area contributed by atoms with Gasteiger partial charge in [0.1, 0.15) is 17.5 Å². The molecule has 0 spiro atoms. The van der Waals surface area contributed by atoms with Crippen LogP contribution in [0.2, 0.25) is 0 Å². The first-order valence-electron chi connectivity index (χ1n) is 15.8. The highest BCUT2D eigenvalue weighted by Crippen LogP contribution is 2.67. The van der Waals surface area contributed by atoms with Crippen molar-refractivity contribution in [3.05, 3.63) is 23.8 Å². The van der Waals surface area contributed by atoms with E-state index in [9.17, 15) is 19.2 Å². The molecule has 0 aromatic carbocycles. The first-order chi connectivity index (χ1) is 20.0. The molecule has 2 aliphatic heterocycles. The van der Waals surface area contributed by atoms with Gasteiger partial charge in [0.25, 0.3) is 5.97 Å². The minimum Gasteiger partial charge on any atom is -0.462 e. The fraction of sp³-hybridized carbons (Fsp3) is 0.765. The van der Waals surface area contributed by atoms with Crippen LogP contribution in [0.5, 0.6) is 0 Å². The van der Waals surface area contributed by atoms with E-state index in [-0.39, 0.29) is 81.7 Å². The van der Waals surface area contributed by atoms with Crippen LogP contribution >= 0.6 is 11.8 Å². The Kier molecular flexibility index (Phi) is 7.32. The van der Waals surface area contributed by atoms with Crippen LogP contribution in [0.1, 0.15) is 87.0 Å². The lowest BCUT2D eigenvalue weighted by molar-refractivity contribution is -0.392. The molecule has 11 atom stereocenters. The molecule has 236 valence electrons. The summed E-state index contributed by atoms with van der Waals surface area (Å²) in [6.07, 6.45) is 9.66. The molecule has 0 aromatic rings. The van der Waals surface area contributed by atoms with Gasteiger partial charge < -0.3 is 18.9 Å². The van der Waals surface area contributed by atoms with Crippen LogP contribution in [0.4, 0.5) is 0 Å². The van der Waals surface area contributed by atoms with Gasteiger partial charge in [-0.05, 0) is 75.2 Å². The van der Waals surface area contributed by atoms with Crippen molar-refractivity contribution in [3.8, 4) is 0 Å². The molecule has 8 nitrogen and oxygen atoms in total. The molecule has 2 bridgehead atoms. The fourth-order valence-electron chi connectivity index (χ4n) is 10.1. The van der Waals surface area contributed by atoms with Crippen molar-refractivity contribution in [2.45, 2.75) is 116 Å². The molecule has 6 rings (SSSR count). The Labute approximate surface area is 259 Å². The third-order valence-corrected chi connectivity index (χ3v) is 13.1. The van der Waals surface area contributed by atoms with E-state index in [2.05, 4.69) is 26.8 Å². The lowest BCUT2D eigenvalue weighted by Crippen LogP contribution is -2.57. The monoisotopic (exact) mass is 614 g/mol. The third kappa shape index (κ3) is 4.66. The minimum absolute atomic E-state index is 0.000849. The Balaban J connectivity index is 1.33. The van der Waals surface area contributed by atoms with Gasteiger partial charge in [0.15, 0.2) is 10.9 Å². The van der Waals surface area contributed by atoms with Gasteiger partial charge in [0.2, 0.25) is 0 Å². The van der Waals surface area contributed by atoms with Crippen molar-refractivity contribution in [2.24, 2.45) is 40.4 Å². The average molecular weight is 615 g/mol. The summed E-state index contributed by atoms with van der Waals surface area (Å²) < 4.78 is 25.4. The molecule has 3 saturated carbocycles. The number of thioether (sulfide) groups is 1. The van der Waals surface area contributed by atoms with E-state index in [1.54, 1.807) is 18.4 Å². The molecular weight excluding hydrogens is 568 g/mol. The first-order valence-corrected chi connectivity index (χ1v) is 17.0. The molecule has 4 aliphatic carbocycles. The topological polar surface area (TPSA) is 105 Å². The number of ketones is 2. The van der Waals surface area contributed by atoms with E-state index >= 15 is 0 Å². The number of fused-ring (bicyclic) bond motifs is 7. The van der Waals surface area contributed by atoms with Gasteiger partial charge in [-0.1, -0.05) is 44.2 Å². The summed E-state index contributed by atoms with van der Waals surface area (Å²) in [5, 5.41) is -0.0789. The van der Waals surface area contributed by atoms with Gasteiger partial charge in [-0.15, -0.1) is 0 Å². The number of carbonyl (C=O) groups is 4. The molecule has 0 aromatic heterocycles. The zero-order chi connectivity index (χ0) is 31.3. The van der Waals surface area contributed by atoms with E-state index < -0.39 is 17.2 Å². The maximum absolute atomic E-state index is 14.2. The van der Waals surface area contributed by atoms with E-state index in [0.717, 1.165) is 30.2 Å². The van der Waals surface area contributed by atoms with Crippen molar-refractivity contribution in [2.75, 3.05) is 6.26 Å². The number of esters is 1. The number of hydrogen-bond acceptors (Lipinski definition) is 9. The summed E-state index contributed by atoms with van der Waals surface area (Å²) in [5.41, 5.74) is -0.965. The van der Waals surface area contributed by atoms with Crippen LogP contribution in [0.25, 0.3) is 0 Å². The predicted octanol–water partition coefficient (Wildman–Crippen LogP) is 5.57. The van der Waals surface area contributed by atoms with Crippen molar-refractivity contribution < 1.29 is 38.1 Å². The van der Waals surface area contributed by atoms with Gasteiger partial charge in [0, 0.05) is 43.4 Å². The Hall–Kier alpha value is -1.81. The van der Waals surface area contributed by atoms with Crippen LogP contribution in [0, 0.1) is 40.4 Å². The summed E-state index contributed by atoms with van der Waals surface area (Å²) in [5.74, 6) is -1.81.